The predicted octanol–water partition coefficient (Wildman–Crippen LogP) is 4.09. The van der Waals surface area contributed by atoms with Gasteiger partial charge in [-0.1, -0.05) is 48.0 Å². The zero-order chi connectivity index (χ0) is 19.4. The molecule has 28 heavy (non-hydrogen) atoms. The molecule has 1 unspecified atom stereocenters. The molecule has 2 aromatic carbocycles. The molecule has 1 aliphatic rings. The van der Waals surface area contributed by atoms with Crippen molar-refractivity contribution < 1.29 is 9.90 Å². The lowest BCUT2D eigenvalue weighted by atomic mass is 9.85. The Labute approximate surface area is 178 Å². The van der Waals surface area contributed by atoms with Gasteiger partial charge in [-0.15, -0.1) is 12.4 Å². The monoisotopic (exact) mass is 422 g/mol. The van der Waals surface area contributed by atoms with Gasteiger partial charge in [0.1, 0.15) is 0 Å². The van der Waals surface area contributed by atoms with Gasteiger partial charge in [-0.25, -0.2) is 0 Å². The first kappa shape index (κ1) is 22.7. The second-order valence-electron chi connectivity index (χ2n) is 7.34. The number of halogens is 2. The lowest BCUT2D eigenvalue weighted by Crippen LogP contribution is -2.47. The summed E-state index contributed by atoms with van der Waals surface area (Å²) in [5.41, 5.74) is 9.37. The average molecular weight is 423 g/mol. The van der Waals surface area contributed by atoms with E-state index in [0.29, 0.717) is 30.5 Å². The van der Waals surface area contributed by atoms with Crippen molar-refractivity contribution >= 4 is 29.9 Å². The standard InChI is InChI=1S/C22H27ClN2O2.ClH/c1-15(26)19-4-2-3-5-20(19)17-10-12-25(13-11-17)22(27)21(24)14-16-6-8-18(23)9-7-16;/h2-9,15,17,21,26H,10-14,24H2,1H3;1H/t15?,21-;/m1./s1. The maximum atomic E-state index is 12.7. The Morgan fingerprint density at radius 2 is 1.79 bits per heavy atom. The molecule has 4 nitrogen and oxygen atoms in total. The quantitative estimate of drug-likeness (QED) is 0.761. The summed E-state index contributed by atoms with van der Waals surface area (Å²) in [6, 6.07) is 15.0. The first-order chi connectivity index (χ1) is 13.0. The number of aliphatic hydroxyl groups excluding tert-OH is 1. The van der Waals surface area contributed by atoms with Crippen LogP contribution in [0.5, 0.6) is 0 Å². The second-order valence-corrected chi connectivity index (χ2v) is 7.78. The minimum Gasteiger partial charge on any atom is -0.389 e. The van der Waals surface area contributed by atoms with Crippen LogP contribution < -0.4 is 5.73 Å². The lowest BCUT2D eigenvalue weighted by Gasteiger charge is -2.34. The van der Waals surface area contributed by atoms with E-state index in [2.05, 4.69) is 6.07 Å². The number of carbonyl (C=O) groups excluding carboxylic acids is 1. The van der Waals surface area contributed by atoms with E-state index in [9.17, 15) is 9.90 Å². The third-order valence-electron chi connectivity index (χ3n) is 5.38. The highest BCUT2D eigenvalue weighted by molar-refractivity contribution is 6.30. The van der Waals surface area contributed by atoms with Gasteiger partial charge in [-0.05, 0) is 60.9 Å². The summed E-state index contributed by atoms with van der Waals surface area (Å²) in [4.78, 5) is 14.6. The van der Waals surface area contributed by atoms with Crippen LogP contribution in [-0.4, -0.2) is 35.0 Å². The SMILES string of the molecule is CC(O)c1ccccc1C1CCN(C(=O)[C@H](N)Cc2ccc(Cl)cc2)CC1.Cl. The minimum absolute atomic E-state index is 0. The number of likely N-dealkylation sites (tertiary alicyclic amines) is 1. The largest absolute Gasteiger partial charge is 0.389 e. The molecular weight excluding hydrogens is 395 g/mol. The molecule has 3 N–H and O–H groups in total. The topological polar surface area (TPSA) is 66.6 Å². The van der Waals surface area contributed by atoms with Crippen molar-refractivity contribution in [1.82, 2.24) is 4.90 Å². The van der Waals surface area contributed by atoms with Crippen LogP contribution in [-0.2, 0) is 11.2 Å². The van der Waals surface area contributed by atoms with Gasteiger partial charge in [0.25, 0.3) is 0 Å². The number of nitrogens with two attached hydrogens (primary N) is 1. The van der Waals surface area contributed by atoms with Gasteiger partial charge < -0.3 is 15.7 Å². The van der Waals surface area contributed by atoms with Gasteiger partial charge >= 0.3 is 0 Å². The zero-order valence-electron chi connectivity index (χ0n) is 16.1. The summed E-state index contributed by atoms with van der Waals surface area (Å²) < 4.78 is 0. The van der Waals surface area contributed by atoms with E-state index in [-0.39, 0.29) is 18.3 Å². The van der Waals surface area contributed by atoms with Gasteiger partial charge in [-0.2, -0.15) is 0 Å². The number of rotatable bonds is 5. The van der Waals surface area contributed by atoms with Gasteiger partial charge in [0.15, 0.2) is 0 Å². The van der Waals surface area contributed by atoms with E-state index in [4.69, 9.17) is 17.3 Å². The first-order valence-electron chi connectivity index (χ1n) is 9.51. The summed E-state index contributed by atoms with van der Waals surface area (Å²) in [5.74, 6) is 0.375. The number of carbonyl (C=O) groups is 1. The summed E-state index contributed by atoms with van der Waals surface area (Å²) in [7, 11) is 0. The van der Waals surface area contributed by atoms with Gasteiger partial charge in [0, 0.05) is 18.1 Å². The average Bonchev–Trinajstić information content (AvgIpc) is 2.69. The molecule has 6 heteroatoms. The van der Waals surface area contributed by atoms with Crippen molar-refractivity contribution in [3.05, 3.63) is 70.2 Å². The number of hydrogen-bond donors (Lipinski definition) is 2. The molecule has 2 atom stereocenters. The van der Waals surface area contributed by atoms with E-state index in [1.165, 1.54) is 5.56 Å². The molecule has 0 spiro atoms. The molecule has 0 aromatic heterocycles. The van der Waals surface area contributed by atoms with Crippen LogP contribution in [0, 0.1) is 0 Å². The van der Waals surface area contributed by atoms with Gasteiger partial charge in [0.05, 0.1) is 12.1 Å². The second kappa shape index (κ2) is 10.3. The van der Waals surface area contributed by atoms with Crippen LogP contribution in [0.3, 0.4) is 0 Å². The predicted molar refractivity (Wildman–Crippen MR) is 116 cm³/mol. The van der Waals surface area contributed by atoms with E-state index >= 15 is 0 Å². The molecule has 1 aliphatic heterocycles. The maximum absolute atomic E-state index is 12.7. The number of piperidine rings is 1. The Balaban J connectivity index is 0.00000280. The number of nitrogens with zero attached hydrogens (tertiary/aromatic N) is 1. The van der Waals surface area contributed by atoms with Crippen LogP contribution >= 0.6 is 24.0 Å². The third kappa shape index (κ3) is 5.48. The first-order valence-corrected chi connectivity index (χ1v) is 9.89. The highest BCUT2D eigenvalue weighted by Crippen LogP contribution is 2.33. The number of benzene rings is 2. The molecule has 0 aliphatic carbocycles. The highest BCUT2D eigenvalue weighted by atomic mass is 35.5. The fraction of sp³-hybridized carbons (Fsp3) is 0.409. The van der Waals surface area contributed by atoms with Crippen LogP contribution in [0.2, 0.25) is 5.02 Å². The van der Waals surface area contributed by atoms with Crippen LogP contribution in [0.15, 0.2) is 48.5 Å². The Hall–Kier alpha value is -1.59. The van der Waals surface area contributed by atoms with E-state index in [1.807, 2.05) is 47.4 Å². The molecular formula is C22H28Cl2N2O2. The van der Waals surface area contributed by atoms with Crippen LogP contribution in [0.25, 0.3) is 0 Å². The van der Waals surface area contributed by atoms with E-state index in [1.54, 1.807) is 6.92 Å². The number of amides is 1. The maximum Gasteiger partial charge on any atom is 0.239 e. The number of hydrogen-bond acceptors (Lipinski definition) is 3. The van der Waals surface area contributed by atoms with E-state index in [0.717, 1.165) is 24.0 Å². The Kier molecular flexibility index (Phi) is 8.32. The summed E-state index contributed by atoms with van der Waals surface area (Å²) in [5, 5.41) is 10.7. The summed E-state index contributed by atoms with van der Waals surface area (Å²) in [6.07, 6.45) is 1.82. The molecule has 0 bridgehead atoms. The van der Waals surface area contributed by atoms with Crippen LogP contribution in [0.4, 0.5) is 0 Å². The van der Waals surface area contributed by atoms with Crippen LogP contribution in [0.1, 0.15) is 48.5 Å². The molecule has 0 radical (unpaired) electrons. The minimum atomic E-state index is -0.535. The summed E-state index contributed by atoms with van der Waals surface area (Å²) >= 11 is 5.91. The van der Waals surface area contributed by atoms with Crippen molar-refractivity contribution in [1.29, 1.82) is 0 Å². The summed E-state index contributed by atoms with van der Waals surface area (Å²) in [6.45, 7) is 3.20. The van der Waals surface area contributed by atoms with Crippen molar-refractivity contribution in [3.8, 4) is 0 Å². The molecule has 3 rings (SSSR count). The molecule has 1 heterocycles. The third-order valence-corrected chi connectivity index (χ3v) is 5.63. The van der Waals surface area contributed by atoms with Gasteiger partial charge in [-0.3, -0.25) is 4.79 Å². The van der Waals surface area contributed by atoms with Crippen molar-refractivity contribution in [2.24, 2.45) is 5.73 Å². The molecule has 152 valence electrons. The lowest BCUT2D eigenvalue weighted by molar-refractivity contribution is -0.133. The molecule has 1 fully saturated rings. The zero-order valence-corrected chi connectivity index (χ0v) is 17.6. The fourth-order valence-corrected chi connectivity index (χ4v) is 4.00. The van der Waals surface area contributed by atoms with Crippen molar-refractivity contribution in [2.45, 2.75) is 44.2 Å². The smallest absolute Gasteiger partial charge is 0.239 e. The van der Waals surface area contributed by atoms with E-state index < -0.39 is 12.1 Å². The molecule has 0 saturated carbocycles. The Morgan fingerprint density at radius 1 is 1.18 bits per heavy atom. The fourth-order valence-electron chi connectivity index (χ4n) is 3.87. The molecule has 1 saturated heterocycles. The van der Waals surface area contributed by atoms with Crippen molar-refractivity contribution in [3.63, 3.8) is 0 Å². The number of aliphatic hydroxyl groups is 1. The normalized spacial score (nSPS) is 16.9. The molecule has 2 aromatic rings. The highest BCUT2D eigenvalue weighted by Gasteiger charge is 2.28. The van der Waals surface area contributed by atoms with Crippen molar-refractivity contribution in [2.75, 3.05) is 13.1 Å². The Morgan fingerprint density at radius 3 is 2.39 bits per heavy atom. The molecule has 1 amide bonds. The Bertz CT molecular complexity index is 772. The van der Waals surface area contributed by atoms with Gasteiger partial charge in [0.2, 0.25) is 5.91 Å².